The van der Waals surface area contributed by atoms with Crippen molar-refractivity contribution in [3.63, 3.8) is 0 Å². The van der Waals surface area contributed by atoms with E-state index < -0.39 is 41.6 Å². The fourth-order valence-corrected chi connectivity index (χ4v) is 4.16. The van der Waals surface area contributed by atoms with E-state index in [1.54, 1.807) is 46.5 Å². The second kappa shape index (κ2) is 14.7. The molecule has 0 heterocycles. The van der Waals surface area contributed by atoms with Crippen molar-refractivity contribution in [2.75, 3.05) is 32.2 Å². The Labute approximate surface area is 219 Å². The van der Waals surface area contributed by atoms with Gasteiger partial charge in [0.1, 0.15) is 17.7 Å². The number of amides is 3. The van der Waals surface area contributed by atoms with E-state index in [-0.39, 0.29) is 19.6 Å². The standard InChI is InChI=1S/C26H41N3O6S/c1-9-34-20(30)13-15-27-23(31)22(21-17(2)11-10-12-18(21)3)29(7)24(32)19(14-16-36-8)28-25(33)35-26(4,5)6/h10-12,19,22H,9,13-16H2,1-8H3,(H,27,31)(H,28,33). The van der Waals surface area contributed by atoms with E-state index in [0.717, 1.165) is 11.1 Å². The molecule has 2 atom stereocenters. The number of nitrogens with zero attached hydrogens (tertiary/aromatic N) is 1. The highest BCUT2D eigenvalue weighted by molar-refractivity contribution is 7.98. The van der Waals surface area contributed by atoms with Gasteiger partial charge in [0.05, 0.1) is 13.0 Å². The predicted octanol–water partition coefficient (Wildman–Crippen LogP) is 3.52. The number of aryl methyl sites for hydroxylation is 2. The first-order valence-corrected chi connectivity index (χ1v) is 13.5. The Morgan fingerprint density at radius 3 is 2.25 bits per heavy atom. The van der Waals surface area contributed by atoms with Crippen LogP contribution in [0, 0.1) is 13.8 Å². The quantitative estimate of drug-likeness (QED) is 0.403. The van der Waals surface area contributed by atoms with Gasteiger partial charge >= 0.3 is 12.1 Å². The molecule has 0 aliphatic carbocycles. The Morgan fingerprint density at radius 2 is 1.72 bits per heavy atom. The molecule has 2 N–H and O–H groups in total. The first kappa shape index (κ1) is 31.3. The van der Waals surface area contributed by atoms with Crippen molar-refractivity contribution in [3.8, 4) is 0 Å². The molecule has 0 aliphatic heterocycles. The Balaban J connectivity index is 3.25. The van der Waals surface area contributed by atoms with Gasteiger partial charge in [0.25, 0.3) is 0 Å². The third-order valence-electron chi connectivity index (χ3n) is 5.33. The fourth-order valence-electron chi connectivity index (χ4n) is 3.69. The van der Waals surface area contributed by atoms with Gasteiger partial charge in [0, 0.05) is 13.6 Å². The first-order chi connectivity index (χ1) is 16.8. The average Bonchev–Trinajstić information content (AvgIpc) is 2.77. The van der Waals surface area contributed by atoms with E-state index in [1.807, 2.05) is 38.3 Å². The van der Waals surface area contributed by atoms with E-state index in [0.29, 0.717) is 17.7 Å². The van der Waals surface area contributed by atoms with Crippen molar-refractivity contribution in [2.24, 2.45) is 0 Å². The van der Waals surface area contributed by atoms with E-state index in [9.17, 15) is 19.2 Å². The topological polar surface area (TPSA) is 114 Å². The number of nitrogens with one attached hydrogen (secondary N) is 2. The Kier molecular flexibility index (Phi) is 12.8. The zero-order valence-corrected chi connectivity index (χ0v) is 23.5. The van der Waals surface area contributed by atoms with Gasteiger partial charge in [-0.25, -0.2) is 4.79 Å². The lowest BCUT2D eigenvalue weighted by molar-refractivity contribution is -0.143. The van der Waals surface area contributed by atoms with Crippen LogP contribution in [-0.2, 0) is 23.9 Å². The summed E-state index contributed by atoms with van der Waals surface area (Å²) >= 11 is 1.55. The van der Waals surface area contributed by atoms with Crippen molar-refractivity contribution < 1.29 is 28.7 Å². The minimum absolute atomic E-state index is 0.0211. The van der Waals surface area contributed by atoms with E-state index in [2.05, 4.69) is 10.6 Å². The highest BCUT2D eigenvalue weighted by atomic mass is 32.2. The molecule has 0 saturated carbocycles. The van der Waals surface area contributed by atoms with Crippen LogP contribution in [0.2, 0.25) is 0 Å². The molecule has 1 aromatic carbocycles. The summed E-state index contributed by atoms with van der Waals surface area (Å²) in [4.78, 5) is 52.6. The maximum absolute atomic E-state index is 13.7. The number of esters is 1. The normalized spacial score (nSPS) is 12.8. The highest BCUT2D eigenvalue weighted by Gasteiger charge is 2.35. The average molecular weight is 524 g/mol. The molecular weight excluding hydrogens is 482 g/mol. The monoisotopic (exact) mass is 523 g/mol. The predicted molar refractivity (Wildman–Crippen MR) is 142 cm³/mol. The summed E-state index contributed by atoms with van der Waals surface area (Å²) in [6.07, 6.45) is 1.61. The van der Waals surface area contributed by atoms with Crippen LogP contribution in [0.4, 0.5) is 4.79 Å². The number of hydrogen-bond donors (Lipinski definition) is 2. The molecule has 1 aromatic rings. The summed E-state index contributed by atoms with van der Waals surface area (Å²) < 4.78 is 10.3. The van der Waals surface area contributed by atoms with Gasteiger partial charge in [-0.3, -0.25) is 14.4 Å². The molecule has 3 amide bonds. The smallest absolute Gasteiger partial charge is 0.408 e. The third-order valence-corrected chi connectivity index (χ3v) is 5.98. The molecule has 10 heteroatoms. The maximum atomic E-state index is 13.7. The van der Waals surface area contributed by atoms with Crippen LogP contribution in [0.1, 0.15) is 63.3 Å². The van der Waals surface area contributed by atoms with Crippen LogP contribution in [0.15, 0.2) is 18.2 Å². The van der Waals surface area contributed by atoms with Gasteiger partial charge in [-0.15, -0.1) is 0 Å². The van der Waals surface area contributed by atoms with E-state index in [4.69, 9.17) is 9.47 Å². The van der Waals surface area contributed by atoms with Crippen LogP contribution in [-0.4, -0.2) is 72.6 Å². The second-order valence-electron chi connectivity index (χ2n) is 9.48. The molecule has 0 bridgehead atoms. The largest absolute Gasteiger partial charge is 0.466 e. The molecule has 0 radical (unpaired) electrons. The molecule has 0 fully saturated rings. The van der Waals surface area contributed by atoms with Crippen molar-refractivity contribution in [1.29, 1.82) is 0 Å². The molecule has 36 heavy (non-hydrogen) atoms. The van der Waals surface area contributed by atoms with Gasteiger partial charge in [-0.1, -0.05) is 18.2 Å². The summed E-state index contributed by atoms with van der Waals surface area (Å²) in [5, 5.41) is 5.44. The molecule has 0 aromatic heterocycles. The minimum Gasteiger partial charge on any atom is -0.466 e. The lowest BCUT2D eigenvalue weighted by Crippen LogP contribution is -2.52. The van der Waals surface area contributed by atoms with E-state index >= 15 is 0 Å². The SMILES string of the molecule is CCOC(=O)CCNC(=O)C(c1c(C)cccc1C)N(C)C(=O)C(CCSC)NC(=O)OC(C)(C)C. The third kappa shape index (κ3) is 10.1. The fraction of sp³-hybridized carbons (Fsp3) is 0.615. The number of alkyl carbamates (subject to hydrolysis) is 1. The lowest BCUT2D eigenvalue weighted by atomic mass is 9.94. The number of carbonyl (C=O) groups excluding carboxylic acids is 4. The van der Waals surface area contributed by atoms with Crippen molar-refractivity contribution in [1.82, 2.24) is 15.5 Å². The Morgan fingerprint density at radius 1 is 1.11 bits per heavy atom. The molecule has 2 unspecified atom stereocenters. The van der Waals surface area contributed by atoms with Crippen LogP contribution < -0.4 is 10.6 Å². The molecule has 1 rings (SSSR count). The van der Waals surface area contributed by atoms with Crippen LogP contribution in [0.5, 0.6) is 0 Å². The van der Waals surface area contributed by atoms with Gasteiger partial charge in [0.15, 0.2) is 0 Å². The first-order valence-electron chi connectivity index (χ1n) is 12.1. The number of benzene rings is 1. The van der Waals surface area contributed by atoms with Gasteiger partial charge in [-0.2, -0.15) is 11.8 Å². The minimum atomic E-state index is -0.960. The number of likely N-dealkylation sites (N-methyl/N-ethyl adjacent to an activating group) is 1. The maximum Gasteiger partial charge on any atom is 0.408 e. The molecule has 0 saturated heterocycles. The van der Waals surface area contributed by atoms with Crippen LogP contribution in [0.25, 0.3) is 0 Å². The molecule has 0 aliphatic rings. The van der Waals surface area contributed by atoms with E-state index in [1.165, 1.54) is 4.90 Å². The number of thioether (sulfide) groups is 1. The van der Waals surface area contributed by atoms with Gasteiger partial charge in [0.2, 0.25) is 11.8 Å². The molecule has 9 nitrogen and oxygen atoms in total. The number of hydrogen-bond acceptors (Lipinski definition) is 7. The highest BCUT2D eigenvalue weighted by Crippen LogP contribution is 2.28. The van der Waals surface area contributed by atoms with Crippen molar-refractivity contribution >= 4 is 35.6 Å². The molecule has 0 spiro atoms. The summed E-state index contributed by atoms with van der Waals surface area (Å²) in [5.41, 5.74) is 1.67. The van der Waals surface area contributed by atoms with Crippen molar-refractivity contribution in [3.05, 3.63) is 34.9 Å². The number of ether oxygens (including phenoxy) is 2. The lowest BCUT2D eigenvalue weighted by Gasteiger charge is -2.33. The summed E-state index contributed by atoms with van der Waals surface area (Å²) in [5.74, 6) is -0.624. The molecule has 202 valence electrons. The summed E-state index contributed by atoms with van der Waals surface area (Å²) in [7, 11) is 1.55. The van der Waals surface area contributed by atoms with Gasteiger partial charge in [-0.05, 0) is 76.7 Å². The summed E-state index contributed by atoms with van der Waals surface area (Å²) in [6.45, 7) is 11.0. The van der Waals surface area contributed by atoms with Crippen LogP contribution >= 0.6 is 11.8 Å². The Bertz CT molecular complexity index is 895. The number of carbonyl (C=O) groups is 4. The second-order valence-corrected chi connectivity index (χ2v) is 10.5. The summed E-state index contributed by atoms with van der Waals surface area (Å²) in [6, 6.07) is 3.80. The zero-order valence-electron chi connectivity index (χ0n) is 22.7. The van der Waals surface area contributed by atoms with Crippen molar-refractivity contribution in [2.45, 2.75) is 72.1 Å². The van der Waals surface area contributed by atoms with Gasteiger partial charge < -0.3 is 25.0 Å². The molecular formula is C26H41N3O6S. The number of rotatable bonds is 12. The van der Waals surface area contributed by atoms with Crippen LogP contribution in [0.3, 0.4) is 0 Å². The zero-order chi connectivity index (χ0) is 27.5. The Hall–Kier alpha value is -2.75.